The van der Waals surface area contributed by atoms with E-state index in [-0.39, 0.29) is 24.4 Å². The Morgan fingerprint density at radius 2 is 1.74 bits per heavy atom. The molecule has 0 spiro atoms. The summed E-state index contributed by atoms with van der Waals surface area (Å²) in [5, 5.41) is 9.30. The van der Waals surface area contributed by atoms with Gasteiger partial charge in [0.15, 0.2) is 5.78 Å². The lowest BCUT2D eigenvalue weighted by Crippen LogP contribution is -2.40. The Kier molecular flexibility index (Phi) is 7.65. The van der Waals surface area contributed by atoms with Gasteiger partial charge in [-0.15, -0.1) is 0 Å². The second kappa shape index (κ2) is 10.4. The van der Waals surface area contributed by atoms with Crippen LogP contribution in [0, 0.1) is 0 Å². The lowest BCUT2D eigenvalue weighted by molar-refractivity contribution is -0.140. The van der Waals surface area contributed by atoms with Crippen LogP contribution < -0.4 is 5.73 Å². The Labute approximate surface area is 187 Å². The topological polar surface area (TPSA) is 101 Å². The summed E-state index contributed by atoms with van der Waals surface area (Å²) < 4.78 is 0. The van der Waals surface area contributed by atoms with Crippen LogP contribution in [0.1, 0.15) is 47.2 Å². The van der Waals surface area contributed by atoms with Gasteiger partial charge < -0.3 is 15.7 Å². The highest BCUT2D eigenvalue weighted by Gasteiger charge is 2.32. The Morgan fingerprint density at radius 3 is 2.45 bits per heavy atom. The van der Waals surface area contributed by atoms with Crippen molar-refractivity contribution < 1.29 is 19.5 Å². The minimum absolute atomic E-state index is 0.106. The van der Waals surface area contributed by atoms with Crippen LogP contribution in [-0.4, -0.2) is 51.2 Å². The van der Waals surface area contributed by atoms with E-state index in [2.05, 4.69) is 0 Å². The molecule has 0 bridgehead atoms. The molecular formula is C24H26N2O4S. The zero-order valence-electron chi connectivity index (χ0n) is 17.2. The molecule has 31 heavy (non-hydrogen) atoms. The van der Waals surface area contributed by atoms with Gasteiger partial charge in [0.1, 0.15) is 11.8 Å². The quantitative estimate of drug-likeness (QED) is 0.458. The molecule has 0 aliphatic carbocycles. The van der Waals surface area contributed by atoms with E-state index in [1.807, 2.05) is 30.3 Å². The van der Waals surface area contributed by atoms with E-state index in [4.69, 9.17) is 18.0 Å². The van der Waals surface area contributed by atoms with Crippen molar-refractivity contribution in [3.63, 3.8) is 0 Å². The summed E-state index contributed by atoms with van der Waals surface area (Å²) >= 11 is 5.38. The first-order valence-electron chi connectivity index (χ1n) is 10.4. The number of rotatable bonds is 9. The van der Waals surface area contributed by atoms with Gasteiger partial charge in [-0.25, -0.2) is 4.79 Å². The van der Waals surface area contributed by atoms with Crippen LogP contribution in [-0.2, 0) is 16.0 Å². The molecule has 3 rings (SSSR count). The second-order valence-electron chi connectivity index (χ2n) is 7.71. The third-order valence-electron chi connectivity index (χ3n) is 5.59. The van der Waals surface area contributed by atoms with Gasteiger partial charge in [0.2, 0.25) is 0 Å². The fourth-order valence-corrected chi connectivity index (χ4v) is 4.22. The Morgan fingerprint density at radius 1 is 1.06 bits per heavy atom. The van der Waals surface area contributed by atoms with Crippen LogP contribution in [0.4, 0.5) is 0 Å². The summed E-state index contributed by atoms with van der Waals surface area (Å²) in [5.74, 6) is -1.15. The summed E-state index contributed by atoms with van der Waals surface area (Å²) in [6.45, 7) is 0.602. The van der Waals surface area contributed by atoms with Crippen molar-refractivity contribution in [1.82, 2.24) is 4.90 Å². The summed E-state index contributed by atoms with van der Waals surface area (Å²) in [5.41, 5.74) is 8.01. The van der Waals surface area contributed by atoms with Crippen molar-refractivity contribution in [3.8, 4) is 0 Å². The van der Waals surface area contributed by atoms with E-state index in [9.17, 15) is 19.5 Å². The number of carboxylic acid groups (broad SMARTS) is 1. The smallest absolute Gasteiger partial charge is 0.326 e. The number of thiocarbonyl (C=S) groups is 1. The number of hydrogen-bond acceptors (Lipinski definition) is 5. The molecular weight excluding hydrogens is 412 g/mol. The third kappa shape index (κ3) is 5.62. The highest BCUT2D eigenvalue weighted by atomic mass is 32.1. The summed E-state index contributed by atoms with van der Waals surface area (Å²) in [6.07, 6.45) is 2.04. The molecule has 0 radical (unpaired) electrons. The molecule has 2 aromatic rings. The number of aliphatic carboxylic acids is 1. The number of nitrogens with two attached hydrogens (primary N) is 1. The number of carbonyl (C=O) groups is 3. The van der Waals surface area contributed by atoms with Crippen LogP contribution in [0.25, 0.3) is 0 Å². The summed E-state index contributed by atoms with van der Waals surface area (Å²) in [6, 6.07) is 14.8. The number of ketones is 2. The fraction of sp³-hybridized carbons (Fsp3) is 0.333. The summed E-state index contributed by atoms with van der Waals surface area (Å²) in [4.78, 5) is 39.0. The molecule has 7 heteroatoms. The molecule has 0 saturated carbocycles. The van der Waals surface area contributed by atoms with Gasteiger partial charge in [0.25, 0.3) is 0 Å². The Balaban J connectivity index is 1.61. The van der Waals surface area contributed by atoms with E-state index >= 15 is 0 Å². The van der Waals surface area contributed by atoms with E-state index in [0.717, 1.165) is 12.0 Å². The number of benzene rings is 2. The molecule has 1 aliphatic heterocycles. The van der Waals surface area contributed by atoms with Crippen molar-refractivity contribution in [2.75, 3.05) is 6.54 Å². The lowest BCUT2D eigenvalue weighted by Gasteiger charge is -2.24. The van der Waals surface area contributed by atoms with Crippen molar-refractivity contribution in [3.05, 3.63) is 71.3 Å². The zero-order valence-corrected chi connectivity index (χ0v) is 18.0. The zero-order chi connectivity index (χ0) is 22.4. The van der Waals surface area contributed by atoms with Gasteiger partial charge in [-0.1, -0.05) is 66.8 Å². The normalized spacial score (nSPS) is 16.7. The maximum Gasteiger partial charge on any atom is 0.326 e. The largest absolute Gasteiger partial charge is 0.480 e. The number of likely N-dealkylation sites (tertiary alicyclic amines) is 1. The van der Waals surface area contributed by atoms with E-state index in [0.29, 0.717) is 35.5 Å². The predicted octanol–water partition coefficient (Wildman–Crippen LogP) is 3.01. The fourth-order valence-electron chi connectivity index (χ4n) is 3.90. The number of nitrogens with zero attached hydrogens (tertiary/aromatic N) is 1. The van der Waals surface area contributed by atoms with Crippen LogP contribution in [0.2, 0.25) is 0 Å². The maximum absolute atomic E-state index is 12.9. The van der Waals surface area contributed by atoms with Gasteiger partial charge in [-0.3, -0.25) is 9.59 Å². The highest BCUT2D eigenvalue weighted by molar-refractivity contribution is 7.80. The van der Waals surface area contributed by atoms with Crippen LogP contribution in [0.5, 0.6) is 0 Å². The molecule has 1 aliphatic rings. The van der Waals surface area contributed by atoms with Gasteiger partial charge in [0.05, 0.1) is 11.0 Å². The van der Waals surface area contributed by atoms with Crippen LogP contribution in [0.3, 0.4) is 0 Å². The number of Topliss-reactive ketones (excluding diaryl/α,β-unsaturated/α-hetero) is 1. The minimum atomic E-state index is -0.887. The molecule has 0 amide bonds. The molecule has 162 valence electrons. The number of carbonyl (C=O) groups excluding carboxylic acids is 2. The molecule has 3 N–H and O–H groups in total. The Hall–Kier alpha value is -2.90. The van der Waals surface area contributed by atoms with Crippen molar-refractivity contribution in [2.24, 2.45) is 5.73 Å². The second-order valence-corrected chi connectivity index (χ2v) is 8.18. The lowest BCUT2D eigenvalue weighted by atomic mass is 9.93. The molecule has 0 unspecified atom stereocenters. The van der Waals surface area contributed by atoms with Crippen molar-refractivity contribution in [2.45, 2.75) is 44.2 Å². The van der Waals surface area contributed by atoms with E-state index in [1.54, 1.807) is 29.2 Å². The number of hydrogen-bond donors (Lipinski definition) is 2. The predicted molar refractivity (Wildman–Crippen MR) is 122 cm³/mol. The highest BCUT2D eigenvalue weighted by Crippen LogP contribution is 2.21. The van der Waals surface area contributed by atoms with Crippen LogP contribution in [0.15, 0.2) is 54.6 Å². The average molecular weight is 439 g/mol. The minimum Gasteiger partial charge on any atom is -0.480 e. The van der Waals surface area contributed by atoms with Crippen LogP contribution >= 0.6 is 12.2 Å². The molecule has 1 saturated heterocycles. The first-order chi connectivity index (χ1) is 14.9. The monoisotopic (exact) mass is 438 g/mol. The van der Waals surface area contributed by atoms with Gasteiger partial charge in [-0.2, -0.15) is 0 Å². The molecule has 2 aromatic carbocycles. The Bertz CT molecular complexity index is 977. The van der Waals surface area contributed by atoms with Gasteiger partial charge in [0, 0.05) is 30.5 Å². The first-order valence-corrected chi connectivity index (χ1v) is 10.8. The van der Waals surface area contributed by atoms with Crippen molar-refractivity contribution in [1.29, 1.82) is 0 Å². The molecule has 1 heterocycles. The van der Waals surface area contributed by atoms with Gasteiger partial charge >= 0.3 is 5.97 Å². The van der Waals surface area contributed by atoms with Crippen molar-refractivity contribution >= 4 is 34.7 Å². The standard InChI is InChI=1S/C24H26N2O4S/c25-19(21(27)12-13-22(31)26-14-6-11-20(26)24(29)30)15-17-9-4-5-10-18(17)23(28)16-7-2-1-3-8-16/h1-5,7-10,19-20H,6,11-15,25H2,(H,29,30)/t19-,20-/m0/s1. The first kappa shape index (κ1) is 22.8. The third-order valence-corrected chi connectivity index (χ3v) is 6.03. The molecule has 1 fully saturated rings. The average Bonchev–Trinajstić information content (AvgIpc) is 3.28. The SMILES string of the molecule is N[C@@H](Cc1ccccc1C(=O)c1ccccc1)C(=O)CCC(=S)N1CCC[C@H]1C(=O)O. The van der Waals surface area contributed by atoms with Gasteiger partial charge in [-0.05, 0) is 24.8 Å². The molecule has 2 atom stereocenters. The molecule has 6 nitrogen and oxygen atoms in total. The van der Waals surface area contributed by atoms with E-state index < -0.39 is 18.1 Å². The number of carboxylic acids is 1. The summed E-state index contributed by atoms with van der Waals surface area (Å²) in [7, 11) is 0. The maximum atomic E-state index is 12.9. The van der Waals surface area contributed by atoms with E-state index in [1.165, 1.54) is 0 Å². The molecule has 0 aromatic heterocycles.